The molecule has 3 saturated heterocycles. The number of fused-ring (bicyclic) bond motifs is 1. The molecule has 5 rings (SSSR count). The number of benzene rings is 2. The molecule has 190 valence electrons. The fraction of sp³-hybridized carbons (Fsp3) is 0.464. The number of aliphatic hydroxyl groups is 1. The van der Waals surface area contributed by atoms with Crippen molar-refractivity contribution in [3.05, 3.63) is 59.7 Å². The lowest BCUT2D eigenvalue weighted by atomic mass is 9.66. The highest BCUT2D eigenvalue weighted by atomic mass is 32.2. The van der Waals surface area contributed by atoms with Crippen LogP contribution < -0.4 is 10.6 Å². The Morgan fingerprint density at radius 3 is 2.58 bits per heavy atom. The minimum Gasteiger partial charge on any atom is -0.396 e. The number of carbonyl (C=O) groups excluding carboxylic acids is 3. The molecular formula is C28H33N3O4S. The first-order valence-electron chi connectivity index (χ1n) is 12.6. The largest absolute Gasteiger partial charge is 0.396 e. The summed E-state index contributed by atoms with van der Waals surface area (Å²) < 4.78 is -0.683. The van der Waals surface area contributed by atoms with Crippen LogP contribution in [0.4, 0.5) is 11.4 Å². The van der Waals surface area contributed by atoms with E-state index in [4.69, 9.17) is 0 Å². The topological polar surface area (TPSA) is 98.7 Å². The van der Waals surface area contributed by atoms with Crippen LogP contribution in [-0.2, 0) is 14.4 Å². The summed E-state index contributed by atoms with van der Waals surface area (Å²) in [5.41, 5.74) is 3.42. The molecule has 2 bridgehead atoms. The van der Waals surface area contributed by atoms with Crippen LogP contribution in [0.25, 0.3) is 0 Å². The summed E-state index contributed by atoms with van der Waals surface area (Å²) in [6.07, 6.45) is 1.16. The van der Waals surface area contributed by atoms with Gasteiger partial charge in [0.05, 0.1) is 16.6 Å². The number of thioether (sulfide) groups is 1. The zero-order valence-electron chi connectivity index (χ0n) is 20.9. The van der Waals surface area contributed by atoms with Crippen molar-refractivity contribution in [2.45, 2.75) is 49.7 Å². The van der Waals surface area contributed by atoms with E-state index in [0.29, 0.717) is 12.1 Å². The molecule has 3 fully saturated rings. The maximum Gasteiger partial charge on any atom is 0.248 e. The van der Waals surface area contributed by atoms with Crippen LogP contribution in [0.15, 0.2) is 48.5 Å². The van der Waals surface area contributed by atoms with Crippen LogP contribution >= 0.6 is 11.8 Å². The van der Waals surface area contributed by atoms with Gasteiger partial charge in [-0.15, -0.1) is 11.8 Å². The molecule has 8 heteroatoms. The van der Waals surface area contributed by atoms with Crippen LogP contribution in [-0.4, -0.2) is 56.9 Å². The lowest BCUT2D eigenvalue weighted by Crippen LogP contribution is -2.55. The molecule has 7 nitrogen and oxygen atoms in total. The first-order chi connectivity index (χ1) is 17.3. The zero-order chi connectivity index (χ0) is 25.6. The van der Waals surface area contributed by atoms with E-state index in [-0.39, 0.29) is 42.0 Å². The average Bonchev–Trinajstić information content (AvgIpc) is 3.44. The quantitative estimate of drug-likeness (QED) is 0.532. The monoisotopic (exact) mass is 507 g/mol. The Morgan fingerprint density at radius 2 is 1.86 bits per heavy atom. The predicted molar refractivity (Wildman–Crippen MR) is 142 cm³/mol. The van der Waals surface area contributed by atoms with E-state index in [1.165, 1.54) is 0 Å². The predicted octanol–water partition coefficient (Wildman–Crippen LogP) is 3.60. The number of hydrogen-bond acceptors (Lipinski definition) is 5. The van der Waals surface area contributed by atoms with Crippen LogP contribution in [0, 0.1) is 31.6 Å². The first-order valence-corrected chi connectivity index (χ1v) is 13.5. The molecule has 3 aliphatic rings. The normalized spacial score (nSPS) is 30.4. The number of aliphatic hydroxyl groups excluding tert-OH is 1. The van der Waals surface area contributed by atoms with Crippen molar-refractivity contribution >= 4 is 40.9 Å². The Bertz CT molecular complexity index is 1190. The molecule has 3 N–H and O–H groups in total. The molecule has 0 aliphatic carbocycles. The van der Waals surface area contributed by atoms with Gasteiger partial charge in [0.2, 0.25) is 17.7 Å². The Hall–Kier alpha value is -2.84. The van der Waals surface area contributed by atoms with Gasteiger partial charge in [0, 0.05) is 29.8 Å². The number of aryl methyl sites for hydroxylation is 2. The number of nitrogens with zero attached hydrogens (tertiary/aromatic N) is 1. The fourth-order valence-electron chi connectivity index (χ4n) is 6.42. The lowest BCUT2D eigenvalue weighted by molar-refractivity contribution is -0.138. The Kier molecular flexibility index (Phi) is 6.59. The number of para-hydroxylation sites is 1. The molecule has 0 radical (unpaired) electrons. The summed E-state index contributed by atoms with van der Waals surface area (Å²) in [4.78, 5) is 43.1. The number of carbonyl (C=O) groups is 3. The van der Waals surface area contributed by atoms with Crippen molar-refractivity contribution in [1.29, 1.82) is 0 Å². The highest BCUT2D eigenvalue weighted by molar-refractivity contribution is 8.02. The number of likely N-dealkylation sites (tertiary alicyclic amines) is 1. The van der Waals surface area contributed by atoms with Crippen molar-refractivity contribution in [2.75, 3.05) is 23.8 Å². The summed E-state index contributed by atoms with van der Waals surface area (Å²) in [5.74, 6) is -1.53. The van der Waals surface area contributed by atoms with Gasteiger partial charge in [0.15, 0.2) is 0 Å². The third-order valence-corrected chi connectivity index (χ3v) is 10.1. The van der Waals surface area contributed by atoms with E-state index in [9.17, 15) is 19.5 Å². The number of anilines is 2. The standard InChI is InChI=1S/C28H33N3O4S/c1-16-10-11-17(2)20(14-16)30-26(34)24-28-18(3)15-21(36-28)22(23(28)27(35)31(24)12-7-13-32)25(33)29-19-8-5-4-6-9-19/h4-6,8-11,14,18,21-24,32H,7,12-13,15H2,1-3H3,(H,29,33)(H,30,34)/t18?,21-,22+,23+,24?,28?/m1/s1. The summed E-state index contributed by atoms with van der Waals surface area (Å²) in [5, 5.41) is 15.6. The van der Waals surface area contributed by atoms with Gasteiger partial charge in [0.1, 0.15) is 6.04 Å². The Morgan fingerprint density at radius 1 is 1.11 bits per heavy atom. The molecule has 6 atom stereocenters. The van der Waals surface area contributed by atoms with Crippen LogP contribution in [0.3, 0.4) is 0 Å². The van der Waals surface area contributed by atoms with Gasteiger partial charge < -0.3 is 20.6 Å². The van der Waals surface area contributed by atoms with Crippen molar-refractivity contribution < 1.29 is 19.5 Å². The first kappa shape index (κ1) is 24.8. The molecule has 1 spiro atoms. The van der Waals surface area contributed by atoms with Gasteiger partial charge in [0.25, 0.3) is 0 Å². The van der Waals surface area contributed by atoms with Crippen LogP contribution in [0.5, 0.6) is 0 Å². The van der Waals surface area contributed by atoms with E-state index in [1.807, 2.05) is 62.4 Å². The minimum absolute atomic E-state index is 0.0198. The maximum absolute atomic E-state index is 14.0. The van der Waals surface area contributed by atoms with Gasteiger partial charge >= 0.3 is 0 Å². The van der Waals surface area contributed by atoms with Crippen LogP contribution in [0.1, 0.15) is 30.9 Å². The van der Waals surface area contributed by atoms with E-state index < -0.39 is 22.6 Å². The van der Waals surface area contributed by atoms with Crippen molar-refractivity contribution in [2.24, 2.45) is 17.8 Å². The van der Waals surface area contributed by atoms with E-state index in [1.54, 1.807) is 16.7 Å². The molecule has 3 amide bonds. The molecule has 36 heavy (non-hydrogen) atoms. The summed E-state index contributed by atoms with van der Waals surface area (Å²) in [7, 11) is 0. The number of rotatable bonds is 7. The SMILES string of the molecule is Cc1ccc(C)c(NC(=O)C2N(CCCO)C(=O)[C@@H]3[C@@H](C(=O)Nc4ccccc4)[C@H]4CC(C)C23S4)c1. The smallest absolute Gasteiger partial charge is 0.248 e. The molecule has 3 heterocycles. The molecule has 0 saturated carbocycles. The van der Waals surface area contributed by atoms with E-state index in [2.05, 4.69) is 17.6 Å². The number of nitrogens with one attached hydrogen (secondary N) is 2. The third kappa shape index (κ3) is 3.91. The number of amides is 3. The summed E-state index contributed by atoms with van der Waals surface area (Å²) in [6, 6.07) is 14.5. The second kappa shape index (κ2) is 9.56. The van der Waals surface area contributed by atoms with Gasteiger partial charge in [-0.3, -0.25) is 14.4 Å². The lowest BCUT2D eigenvalue weighted by Gasteiger charge is -2.38. The number of hydrogen-bond donors (Lipinski definition) is 3. The average molecular weight is 508 g/mol. The van der Waals surface area contributed by atoms with Crippen molar-refractivity contribution in [1.82, 2.24) is 4.90 Å². The fourth-order valence-corrected chi connectivity index (χ4v) is 8.84. The molecule has 2 aromatic rings. The van der Waals surface area contributed by atoms with Crippen molar-refractivity contribution in [3.63, 3.8) is 0 Å². The minimum atomic E-state index is -0.707. The van der Waals surface area contributed by atoms with E-state index in [0.717, 1.165) is 23.2 Å². The van der Waals surface area contributed by atoms with Gasteiger partial charge in [-0.25, -0.2) is 0 Å². The Labute approximate surface area is 216 Å². The maximum atomic E-state index is 14.0. The molecule has 3 unspecified atom stereocenters. The highest BCUT2D eigenvalue weighted by Gasteiger charge is 2.75. The van der Waals surface area contributed by atoms with Gasteiger partial charge in [-0.05, 0) is 61.9 Å². The second-order valence-corrected chi connectivity index (χ2v) is 11.9. The van der Waals surface area contributed by atoms with Crippen molar-refractivity contribution in [3.8, 4) is 0 Å². The molecule has 2 aromatic carbocycles. The van der Waals surface area contributed by atoms with Crippen LogP contribution in [0.2, 0.25) is 0 Å². The molecule has 0 aromatic heterocycles. The molecule has 3 aliphatic heterocycles. The Balaban J connectivity index is 1.50. The third-order valence-electron chi connectivity index (χ3n) is 8.05. The second-order valence-electron chi connectivity index (χ2n) is 10.3. The van der Waals surface area contributed by atoms with E-state index >= 15 is 0 Å². The highest BCUT2D eigenvalue weighted by Crippen LogP contribution is 2.68. The zero-order valence-corrected chi connectivity index (χ0v) is 21.7. The van der Waals surface area contributed by atoms with Gasteiger partial charge in [-0.2, -0.15) is 0 Å². The summed E-state index contributed by atoms with van der Waals surface area (Å²) in [6.45, 7) is 6.23. The van der Waals surface area contributed by atoms with Gasteiger partial charge in [-0.1, -0.05) is 37.3 Å². The summed E-state index contributed by atoms with van der Waals surface area (Å²) >= 11 is 1.65. The molecular weight excluding hydrogens is 474 g/mol.